The Bertz CT molecular complexity index is 909. The number of aryl methyl sites for hydroxylation is 1. The molecule has 2 saturated carbocycles. The second kappa shape index (κ2) is 14.1. The van der Waals surface area contributed by atoms with Crippen molar-refractivity contribution in [2.24, 2.45) is 10.8 Å². The van der Waals surface area contributed by atoms with Crippen molar-refractivity contribution >= 4 is 11.9 Å². The summed E-state index contributed by atoms with van der Waals surface area (Å²) in [4.78, 5) is 26.6. The summed E-state index contributed by atoms with van der Waals surface area (Å²) in [6, 6.07) is 10.5. The number of unbranched alkanes of at least 4 members (excludes halogenated alkanes) is 7. The van der Waals surface area contributed by atoms with Gasteiger partial charge in [0, 0.05) is 11.8 Å². The van der Waals surface area contributed by atoms with Gasteiger partial charge in [0.15, 0.2) is 0 Å². The van der Waals surface area contributed by atoms with Gasteiger partial charge >= 0.3 is 11.9 Å². The maximum absolute atomic E-state index is 13.7. The smallest absolute Gasteiger partial charge is 0.319 e. The van der Waals surface area contributed by atoms with E-state index in [1.807, 2.05) is 6.07 Å². The van der Waals surface area contributed by atoms with E-state index in [1.54, 1.807) is 20.8 Å². The molecule has 1 aromatic rings. The van der Waals surface area contributed by atoms with Crippen LogP contribution in [0.1, 0.15) is 123 Å². The van der Waals surface area contributed by atoms with Crippen LogP contribution in [0.25, 0.3) is 0 Å². The number of carbonyl (C=O) groups excluding carboxylic acids is 2. The van der Waals surface area contributed by atoms with Gasteiger partial charge in [-0.25, -0.2) is 0 Å². The van der Waals surface area contributed by atoms with Gasteiger partial charge in [-0.3, -0.25) is 9.59 Å². The number of rotatable bonds is 15. The molecule has 2 N–H and O–H groups in total. The monoisotopic (exact) mass is 544 g/mol. The molecule has 0 saturated heterocycles. The molecule has 0 spiro atoms. The van der Waals surface area contributed by atoms with E-state index in [9.17, 15) is 19.8 Å². The van der Waals surface area contributed by atoms with Crippen LogP contribution in [-0.4, -0.2) is 46.1 Å². The summed E-state index contributed by atoms with van der Waals surface area (Å²) in [6.07, 6.45) is 9.37. The van der Waals surface area contributed by atoms with Crippen molar-refractivity contribution in [2.45, 2.75) is 148 Å². The molecular weight excluding hydrogens is 492 g/mol. The minimum atomic E-state index is -1.43. The third-order valence-corrected chi connectivity index (χ3v) is 8.83. The van der Waals surface area contributed by atoms with Crippen LogP contribution in [0.2, 0.25) is 0 Å². The van der Waals surface area contributed by atoms with Gasteiger partial charge in [0.1, 0.15) is 17.1 Å². The molecular formula is C33H52O6. The average molecular weight is 545 g/mol. The molecule has 2 aliphatic carbocycles. The Morgan fingerprint density at radius 2 is 1.62 bits per heavy atom. The summed E-state index contributed by atoms with van der Waals surface area (Å²) < 4.78 is 11.7. The zero-order chi connectivity index (χ0) is 28.5. The number of benzene rings is 1. The first-order chi connectivity index (χ1) is 18.5. The molecule has 6 heteroatoms. The van der Waals surface area contributed by atoms with Crippen molar-refractivity contribution in [1.82, 2.24) is 0 Å². The summed E-state index contributed by atoms with van der Waals surface area (Å²) in [5.74, 6) is -0.971. The SMILES string of the molecule is CCCCCCCC(=O)O[C@@H]1[C@H](O)C2(CCCCCCc3ccccc3)CCC(O)C1(C(=O)OC(C)(C)C)C2. The number of aliphatic hydroxyl groups excluding tert-OH is 2. The molecule has 6 nitrogen and oxygen atoms in total. The van der Waals surface area contributed by atoms with Crippen molar-refractivity contribution < 1.29 is 29.3 Å². The first-order valence-electron chi connectivity index (χ1n) is 15.4. The number of fused-ring (bicyclic) bond motifs is 2. The van der Waals surface area contributed by atoms with E-state index in [-0.39, 0.29) is 12.8 Å². The number of hydrogen-bond donors (Lipinski definition) is 2. The summed E-state index contributed by atoms with van der Waals surface area (Å²) in [5.41, 5.74) is -1.41. The quantitative estimate of drug-likeness (QED) is 0.189. The maximum atomic E-state index is 13.7. The molecule has 0 radical (unpaired) electrons. The molecule has 1 aromatic carbocycles. The minimum Gasteiger partial charge on any atom is -0.459 e. The van der Waals surface area contributed by atoms with Crippen LogP contribution in [0.4, 0.5) is 0 Å². The van der Waals surface area contributed by atoms with Crippen LogP contribution in [0, 0.1) is 10.8 Å². The number of carbonyl (C=O) groups is 2. The van der Waals surface area contributed by atoms with E-state index in [1.165, 1.54) is 5.56 Å². The lowest BCUT2D eigenvalue weighted by atomic mass is 9.65. The molecule has 0 heterocycles. The molecule has 3 rings (SSSR count). The highest BCUT2D eigenvalue weighted by atomic mass is 16.6. The second-order valence-electron chi connectivity index (χ2n) is 13.1. The van der Waals surface area contributed by atoms with Crippen LogP contribution in [-0.2, 0) is 25.5 Å². The van der Waals surface area contributed by atoms with Crippen molar-refractivity contribution in [2.75, 3.05) is 0 Å². The van der Waals surface area contributed by atoms with Gasteiger partial charge in [0.05, 0.1) is 12.2 Å². The van der Waals surface area contributed by atoms with E-state index in [2.05, 4.69) is 31.2 Å². The third kappa shape index (κ3) is 8.07. The van der Waals surface area contributed by atoms with Gasteiger partial charge in [-0.15, -0.1) is 0 Å². The molecule has 220 valence electrons. The summed E-state index contributed by atoms with van der Waals surface area (Å²) in [6.45, 7) is 7.53. The fourth-order valence-corrected chi connectivity index (χ4v) is 6.72. The van der Waals surface area contributed by atoms with E-state index in [0.717, 1.165) is 70.6 Å². The Hall–Kier alpha value is -1.92. The Kier molecular flexibility index (Phi) is 11.4. The predicted octanol–water partition coefficient (Wildman–Crippen LogP) is 6.69. The van der Waals surface area contributed by atoms with Gasteiger partial charge in [-0.05, 0) is 71.3 Å². The standard InChI is InChI=1S/C33H52O6/c1-5-6-7-8-15-20-27(35)38-29-28(36)32(22-16-10-9-12-17-25-18-13-11-14-19-25)23-21-26(34)33(29,24-32)30(37)39-31(2,3)4/h11,13-14,18-19,26,28-29,34,36H,5-10,12,15-17,20-24H2,1-4H3/t26?,28-,29+,32?,33?/m0/s1. The first-order valence-corrected chi connectivity index (χ1v) is 15.4. The molecule has 2 bridgehead atoms. The lowest BCUT2D eigenvalue weighted by Gasteiger charge is -2.42. The van der Waals surface area contributed by atoms with Crippen LogP contribution < -0.4 is 0 Å². The lowest BCUT2D eigenvalue weighted by Crippen LogP contribution is -2.54. The predicted molar refractivity (Wildman–Crippen MR) is 153 cm³/mol. The van der Waals surface area contributed by atoms with E-state index >= 15 is 0 Å². The van der Waals surface area contributed by atoms with Crippen molar-refractivity contribution in [3.05, 3.63) is 35.9 Å². The molecule has 0 aliphatic heterocycles. The largest absolute Gasteiger partial charge is 0.459 e. The number of esters is 2. The molecule has 39 heavy (non-hydrogen) atoms. The Labute approximate surface area is 235 Å². The topological polar surface area (TPSA) is 93.1 Å². The molecule has 2 aliphatic rings. The first kappa shape index (κ1) is 31.6. The normalized spacial score (nSPS) is 28.3. The minimum absolute atomic E-state index is 0.252. The van der Waals surface area contributed by atoms with Crippen molar-refractivity contribution in [3.8, 4) is 0 Å². The van der Waals surface area contributed by atoms with E-state index in [0.29, 0.717) is 12.8 Å². The highest BCUT2D eigenvalue weighted by Crippen LogP contribution is 2.62. The second-order valence-corrected chi connectivity index (χ2v) is 13.1. The van der Waals surface area contributed by atoms with Crippen LogP contribution in [0.15, 0.2) is 30.3 Å². The van der Waals surface area contributed by atoms with Crippen LogP contribution in [0.5, 0.6) is 0 Å². The van der Waals surface area contributed by atoms with Gasteiger partial charge in [-0.1, -0.05) is 82.2 Å². The molecule has 0 amide bonds. The fourth-order valence-electron chi connectivity index (χ4n) is 6.72. The number of hydrogen-bond acceptors (Lipinski definition) is 6. The van der Waals surface area contributed by atoms with Crippen molar-refractivity contribution in [3.63, 3.8) is 0 Å². The number of ether oxygens (including phenoxy) is 2. The summed E-state index contributed by atoms with van der Waals surface area (Å²) >= 11 is 0. The Morgan fingerprint density at radius 3 is 2.31 bits per heavy atom. The maximum Gasteiger partial charge on any atom is 0.319 e. The fraction of sp³-hybridized carbons (Fsp3) is 0.758. The molecule has 0 aromatic heterocycles. The Morgan fingerprint density at radius 1 is 0.949 bits per heavy atom. The zero-order valence-electron chi connectivity index (χ0n) is 24.8. The third-order valence-electron chi connectivity index (χ3n) is 8.83. The van der Waals surface area contributed by atoms with E-state index in [4.69, 9.17) is 9.47 Å². The highest BCUT2D eigenvalue weighted by molar-refractivity contribution is 5.81. The summed E-state index contributed by atoms with van der Waals surface area (Å²) in [7, 11) is 0. The van der Waals surface area contributed by atoms with Gasteiger partial charge in [0.25, 0.3) is 0 Å². The molecule has 5 atom stereocenters. The number of aliphatic hydroxyl groups is 2. The van der Waals surface area contributed by atoms with Gasteiger partial charge in [-0.2, -0.15) is 0 Å². The zero-order valence-corrected chi connectivity index (χ0v) is 24.8. The van der Waals surface area contributed by atoms with Crippen molar-refractivity contribution in [1.29, 1.82) is 0 Å². The van der Waals surface area contributed by atoms with Crippen LogP contribution in [0.3, 0.4) is 0 Å². The highest BCUT2D eigenvalue weighted by Gasteiger charge is 2.71. The summed E-state index contributed by atoms with van der Waals surface area (Å²) in [5, 5.41) is 22.9. The average Bonchev–Trinajstić information content (AvgIpc) is 3.09. The molecule has 3 unspecified atom stereocenters. The van der Waals surface area contributed by atoms with Crippen LogP contribution >= 0.6 is 0 Å². The lowest BCUT2D eigenvalue weighted by molar-refractivity contribution is -0.195. The van der Waals surface area contributed by atoms with E-state index < -0.39 is 46.7 Å². The Balaban J connectivity index is 1.68. The van der Waals surface area contributed by atoms with Gasteiger partial charge in [0.2, 0.25) is 0 Å². The van der Waals surface area contributed by atoms with Gasteiger partial charge < -0.3 is 19.7 Å². The molecule has 2 fully saturated rings.